The summed E-state index contributed by atoms with van der Waals surface area (Å²) in [6, 6.07) is 25.7. The minimum absolute atomic E-state index is 0.00849. The van der Waals surface area contributed by atoms with Gasteiger partial charge in [0.05, 0.1) is 55.9 Å². The summed E-state index contributed by atoms with van der Waals surface area (Å²) >= 11 is 2.79. The van der Waals surface area contributed by atoms with Gasteiger partial charge in [0.15, 0.2) is 29.1 Å². The van der Waals surface area contributed by atoms with Crippen LogP contribution in [0.25, 0.3) is 5.69 Å². The maximum atomic E-state index is 14.0. The summed E-state index contributed by atoms with van der Waals surface area (Å²) in [7, 11) is 4.74. The van der Waals surface area contributed by atoms with Crippen LogP contribution in [0, 0.1) is 0 Å². The van der Waals surface area contributed by atoms with Gasteiger partial charge in [0.25, 0.3) is 11.8 Å². The van der Waals surface area contributed by atoms with Crippen LogP contribution in [0.4, 0.5) is 0 Å². The Kier molecular flexibility index (Phi) is 10.8. The molecule has 0 aliphatic carbocycles. The fourth-order valence-corrected chi connectivity index (χ4v) is 6.94. The van der Waals surface area contributed by atoms with Gasteiger partial charge in [0.1, 0.15) is 11.5 Å². The highest BCUT2D eigenvalue weighted by atomic mass is 32.2. The number of carbonyl (C=O) groups is 2. The van der Waals surface area contributed by atoms with E-state index in [1.54, 1.807) is 49.4 Å². The molecule has 2 amide bonds. The zero-order valence-electron chi connectivity index (χ0n) is 27.1. The number of benzene rings is 3. The summed E-state index contributed by atoms with van der Waals surface area (Å²) in [5.41, 5.74) is 2.27. The van der Waals surface area contributed by atoms with Crippen molar-refractivity contribution in [2.75, 3.05) is 33.7 Å². The zero-order valence-corrected chi connectivity index (χ0v) is 28.7. The Morgan fingerprint density at radius 3 is 2.43 bits per heavy atom. The van der Waals surface area contributed by atoms with E-state index in [2.05, 4.69) is 15.5 Å². The van der Waals surface area contributed by atoms with Crippen molar-refractivity contribution in [2.45, 2.75) is 24.2 Å². The lowest BCUT2D eigenvalue weighted by molar-refractivity contribution is -0.130. The minimum Gasteiger partial charge on any atom is -0.495 e. The molecule has 0 fully saturated rings. The Labute approximate surface area is 291 Å². The lowest BCUT2D eigenvalue weighted by atomic mass is 9.99. The number of aromatic nitrogens is 3. The lowest BCUT2D eigenvalue weighted by Gasteiger charge is -2.24. The number of amides is 2. The van der Waals surface area contributed by atoms with E-state index >= 15 is 0 Å². The van der Waals surface area contributed by atoms with Crippen LogP contribution in [0.15, 0.2) is 101 Å². The van der Waals surface area contributed by atoms with Crippen molar-refractivity contribution in [3.05, 3.63) is 107 Å². The van der Waals surface area contributed by atoms with Crippen LogP contribution in [0.5, 0.6) is 23.0 Å². The number of rotatable bonds is 14. The van der Waals surface area contributed by atoms with Crippen molar-refractivity contribution in [2.24, 2.45) is 5.10 Å². The van der Waals surface area contributed by atoms with E-state index in [0.717, 1.165) is 16.2 Å². The van der Waals surface area contributed by atoms with Crippen LogP contribution in [-0.2, 0) is 16.1 Å². The fourth-order valence-electron chi connectivity index (χ4n) is 5.40. The second kappa shape index (κ2) is 15.7. The van der Waals surface area contributed by atoms with Crippen molar-refractivity contribution in [3.63, 3.8) is 0 Å². The van der Waals surface area contributed by atoms with Gasteiger partial charge in [-0.3, -0.25) is 14.2 Å². The number of hydrogen-bond donors (Lipinski definition) is 1. The van der Waals surface area contributed by atoms with E-state index in [9.17, 15) is 9.59 Å². The molecule has 1 aliphatic rings. The molecular formula is C35H34N6O6S2. The van der Waals surface area contributed by atoms with Crippen LogP contribution in [-0.4, -0.2) is 71.0 Å². The molecule has 0 unspecified atom stereocenters. The van der Waals surface area contributed by atoms with Gasteiger partial charge in [-0.05, 0) is 41.8 Å². The highest BCUT2D eigenvalue weighted by Crippen LogP contribution is 2.42. The van der Waals surface area contributed by atoms with E-state index in [1.807, 2.05) is 78.2 Å². The maximum absolute atomic E-state index is 14.0. The molecule has 3 heterocycles. The van der Waals surface area contributed by atoms with Crippen molar-refractivity contribution in [1.29, 1.82) is 0 Å². The number of hydrazone groups is 1. The van der Waals surface area contributed by atoms with E-state index in [0.29, 0.717) is 46.1 Å². The fraction of sp³-hybridized carbons (Fsp3) is 0.229. The third-order valence-corrected chi connectivity index (χ3v) is 9.50. The van der Waals surface area contributed by atoms with Crippen LogP contribution >= 0.6 is 23.1 Å². The standard InChI is InChI=1S/C35H34N6O6S2/c1-44-28-15-8-7-14-26(28)40-31(20-36-32(42)21-47-23-11-5-4-6-12-23)37-38-35(40)49-22-33(43)41-27(19-25(39-41)30-17-10-18-48-30)24-13-9-16-29(45-2)34(24)46-3/h4-18,27H,19-22H2,1-3H3,(H,36,42)/t27-/m1/s1. The molecule has 1 N–H and O–H groups in total. The number of hydrogen-bond acceptors (Lipinski definition) is 11. The summed E-state index contributed by atoms with van der Waals surface area (Å²) in [6.45, 7) is -0.0964. The highest BCUT2D eigenvalue weighted by Gasteiger charge is 2.36. The van der Waals surface area contributed by atoms with Crippen molar-refractivity contribution in [1.82, 2.24) is 25.1 Å². The summed E-state index contributed by atoms with van der Waals surface area (Å²) in [4.78, 5) is 27.7. The molecule has 0 saturated carbocycles. The smallest absolute Gasteiger partial charge is 0.258 e. The molecule has 0 radical (unpaired) electrons. The molecule has 12 nitrogen and oxygen atoms in total. The van der Waals surface area contributed by atoms with E-state index in [1.165, 1.54) is 16.8 Å². The first-order chi connectivity index (χ1) is 24.0. The zero-order chi connectivity index (χ0) is 34.2. The SMILES string of the molecule is COc1ccccc1-n1c(CNC(=O)COc2ccccc2)nnc1SCC(=O)N1N=C(c2cccs2)C[C@@H]1c1cccc(OC)c1OC. The van der Waals surface area contributed by atoms with Gasteiger partial charge in [-0.2, -0.15) is 5.10 Å². The van der Waals surface area contributed by atoms with E-state index < -0.39 is 6.04 Å². The first-order valence-electron chi connectivity index (χ1n) is 15.3. The van der Waals surface area contributed by atoms with Gasteiger partial charge in [-0.15, -0.1) is 21.5 Å². The number of nitrogens with zero attached hydrogens (tertiary/aromatic N) is 5. The Hall–Kier alpha value is -5.34. The molecule has 1 atom stereocenters. The normalized spacial score (nSPS) is 13.9. The number of thioether (sulfide) groups is 1. The molecule has 252 valence electrons. The quantitative estimate of drug-likeness (QED) is 0.149. The Bertz CT molecular complexity index is 1930. The van der Waals surface area contributed by atoms with Crippen LogP contribution in [0.3, 0.4) is 0 Å². The van der Waals surface area contributed by atoms with Gasteiger partial charge in [0.2, 0.25) is 0 Å². The molecule has 2 aromatic heterocycles. The number of thiophene rings is 1. The topological polar surface area (TPSA) is 129 Å². The lowest BCUT2D eigenvalue weighted by Crippen LogP contribution is -2.29. The average Bonchev–Trinajstić information content (AvgIpc) is 3.92. The van der Waals surface area contributed by atoms with Gasteiger partial charge in [-0.1, -0.05) is 60.3 Å². The Morgan fingerprint density at radius 2 is 1.67 bits per heavy atom. The second-order valence-electron chi connectivity index (χ2n) is 10.6. The summed E-state index contributed by atoms with van der Waals surface area (Å²) < 4.78 is 24.3. The number of nitrogens with one attached hydrogen (secondary N) is 1. The monoisotopic (exact) mass is 698 g/mol. The first kappa shape index (κ1) is 33.6. The largest absolute Gasteiger partial charge is 0.495 e. The Balaban J connectivity index is 1.24. The van der Waals surface area contributed by atoms with Crippen molar-refractivity contribution >= 4 is 40.6 Å². The molecule has 0 spiro atoms. The highest BCUT2D eigenvalue weighted by molar-refractivity contribution is 7.99. The molecular weight excluding hydrogens is 665 g/mol. The van der Waals surface area contributed by atoms with Gasteiger partial charge in [0, 0.05) is 12.0 Å². The minimum atomic E-state index is -0.411. The van der Waals surface area contributed by atoms with E-state index in [4.69, 9.17) is 24.0 Å². The molecule has 0 saturated heterocycles. The van der Waals surface area contributed by atoms with Gasteiger partial charge < -0.3 is 24.3 Å². The number of methoxy groups -OCH3 is 3. The van der Waals surface area contributed by atoms with Crippen LogP contribution < -0.4 is 24.3 Å². The van der Waals surface area contributed by atoms with Gasteiger partial charge >= 0.3 is 0 Å². The molecule has 49 heavy (non-hydrogen) atoms. The first-order valence-corrected chi connectivity index (χ1v) is 17.2. The number of carbonyl (C=O) groups excluding carboxylic acids is 2. The van der Waals surface area contributed by atoms with Crippen molar-refractivity contribution in [3.8, 4) is 28.7 Å². The van der Waals surface area contributed by atoms with E-state index in [-0.39, 0.29) is 30.7 Å². The van der Waals surface area contributed by atoms with Crippen LogP contribution in [0.2, 0.25) is 0 Å². The van der Waals surface area contributed by atoms with Crippen molar-refractivity contribution < 1.29 is 28.5 Å². The summed E-state index contributed by atoms with van der Waals surface area (Å²) in [5, 5.41) is 20.4. The Morgan fingerprint density at radius 1 is 0.898 bits per heavy atom. The number of ether oxygens (including phenoxy) is 4. The third-order valence-electron chi connectivity index (χ3n) is 7.67. The predicted molar refractivity (Wildman–Crippen MR) is 187 cm³/mol. The molecule has 5 aromatic rings. The van der Waals surface area contributed by atoms with Crippen LogP contribution in [0.1, 0.15) is 28.7 Å². The molecule has 3 aromatic carbocycles. The summed E-state index contributed by atoms with van der Waals surface area (Å²) in [6.07, 6.45) is 0.510. The van der Waals surface area contributed by atoms with Gasteiger partial charge in [-0.25, -0.2) is 5.01 Å². The molecule has 1 aliphatic heterocycles. The maximum Gasteiger partial charge on any atom is 0.258 e. The number of para-hydroxylation sites is 4. The third kappa shape index (κ3) is 7.55. The second-order valence-corrected chi connectivity index (χ2v) is 12.5. The molecule has 0 bridgehead atoms. The molecule has 6 rings (SSSR count). The summed E-state index contributed by atoms with van der Waals surface area (Å²) in [5.74, 6) is 2.20. The average molecular weight is 699 g/mol. The molecule has 14 heteroatoms. The predicted octanol–water partition coefficient (Wildman–Crippen LogP) is 5.52.